The Kier molecular flexibility index (Phi) is 9.14. The lowest BCUT2D eigenvalue weighted by Gasteiger charge is -1.92. The Morgan fingerprint density at radius 1 is 0.765 bits per heavy atom. The van der Waals surface area contributed by atoms with E-state index in [9.17, 15) is 0 Å². The average Bonchev–Trinajstić information content (AvgIpc) is 2.42. The summed E-state index contributed by atoms with van der Waals surface area (Å²) >= 11 is 0. The Morgan fingerprint density at radius 3 is 1.18 bits per heavy atom. The summed E-state index contributed by atoms with van der Waals surface area (Å²) in [6, 6.07) is 16.7. The van der Waals surface area contributed by atoms with Crippen LogP contribution in [0, 0.1) is 5.92 Å². The van der Waals surface area contributed by atoms with Crippen LogP contribution in [0.2, 0.25) is 0 Å². The molecule has 0 aliphatic rings. The molecule has 0 aliphatic heterocycles. The molecule has 0 fully saturated rings. The van der Waals surface area contributed by atoms with E-state index < -0.39 is 0 Å². The molecular formula is C17H26. The van der Waals surface area contributed by atoms with Gasteiger partial charge in [-0.1, -0.05) is 89.6 Å². The van der Waals surface area contributed by atoms with Crippen LogP contribution >= 0.6 is 0 Å². The molecule has 2 aromatic rings. The smallest absolute Gasteiger partial charge is 0.0184 e. The van der Waals surface area contributed by atoms with Crippen molar-refractivity contribution in [2.45, 2.75) is 41.0 Å². The monoisotopic (exact) mass is 230 g/mol. The van der Waals surface area contributed by atoms with Gasteiger partial charge in [-0.15, -0.1) is 0 Å². The number of benzene rings is 2. The third kappa shape index (κ3) is 6.78. The molecule has 17 heavy (non-hydrogen) atoms. The fourth-order valence-electron chi connectivity index (χ4n) is 1.13. The molecule has 0 heterocycles. The predicted octanol–water partition coefficient (Wildman–Crippen LogP) is 5.92. The van der Waals surface area contributed by atoms with Crippen LogP contribution in [0.3, 0.4) is 0 Å². The first-order chi connectivity index (χ1) is 8.24. The van der Waals surface area contributed by atoms with Crippen LogP contribution in [0.25, 0.3) is 10.8 Å². The van der Waals surface area contributed by atoms with Crippen LogP contribution < -0.4 is 0 Å². The normalized spacial score (nSPS) is 9.06. The van der Waals surface area contributed by atoms with Gasteiger partial charge in [-0.05, 0) is 16.7 Å². The van der Waals surface area contributed by atoms with E-state index in [0.29, 0.717) is 0 Å². The van der Waals surface area contributed by atoms with Crippen molar-refractivity contribution in [3.8, 4) is 0 Å². The molecule has 0 radical (unpaired) electrons. The van der Waals surface area contributed by atoms with Gasteiger partial charge in [-0.25, -0.2) is 0 Å². The van der Waals surface area contributed by atoms with Gasteiger partial charge in [0.15, 0.2) is 0 Å². The number of hydrogen-bond donors (Lipinski definition) is 0. The molecular weight excluding hydrogens is 204 g/mol. The highest BCUT2D eigenvalue weighted by atomic mass is 13.9. The second kappa shape index (κ2) is 9.89. The van der Waals surface area contributed by atoms with Crippen molar-refractivity contribution in [3.05, 3.63) is 48.5 Å². The Hall–Kier alpha value is -1.30. The number of rotatable bonds is 1. The molecule has 0 heteroatoms. The van der Waals surface area contributed by atoms with Crippen molar-refractivity contribution in [2.24, 2.45) is 5.92 Å². The molecule has 0 unspecified atom stereocenters. The zero-order valence-electron chi connectivity index (χ0n) is 11.9. The van der Waals surface area contributed by atoms with E-state index in [1.54, 1.807) is 0 Å². The van der Waals surface area contributed by atoms with E-state index >= 15 is 0 Å². The minimum Gasteiger partial charge on any atom is -0.0683 e. The first-order valence-electron chi connectivity index (χ1n) is 6.67. The summed E-state index contributed by atoms with van der Waals surface area (Å²) in [4.78, 5) is 0. The summed E-state index contributed by atoms with van der Waals surface area (Å²) in [7, 11) is 0. The standard InChI is InChI=1S/C10H8.C5H12.C2H6/c1-2-6-10-8-4-3-7-9(10)5-1;1-4-5(2)3;1-2/h1-8H;5H,4H2,1-3H3;1-2H3. The lowest BCUT2D eigenvalue weighted by Crippen LogP contribution is -1.77. The second-order valence-electron chi connectivity index (χ2n) is 4.15. The Morgan fingerprint density at radius 2 is 1.00 bits per heavy atom. The first-order valence-corrected chi connectivity index (χ1v) is 6.67. The molecule has 2 aromatic carbocycles. The Bertz CT molecular complexity index is 322. The molecule has 0 aliphatic carbocycles. The molecule has 94 valence electrons. The van der Waals surface area contributed by atoms with E-state index in [4.69, 9.17) is 0 Å². The summed E-state index contributed by atoms with van der Waals surface area (Å²) in [6.07, 6.45) is 1.31. The molecule has 2 rings (SSSR count). The van der Waals surface area contributed by atoms with Crippen molar-refractivity contribution in [2.75, 3.05) is 0 Å². The highest BCUT2D eigenvalue weighted by Crippen LogP contribution is 2.11. The number of hydrogen-bond acceptors (Lipinski definition) is 0. The van der Waals surface area contributed by atoms with Crippen LogP contribution in [-0.2, 0) is 0 Å². The maximum absolute atomic E-state index is 2.22. The molecule has 0 bridgehead atoms. The SMILES string of the molecule is CC.CCC(C)C.c1ccc2ccccc2c1. The van der Waals surface area contributed by atoms with E-state index in [1.165, 1.54) is 17.2 Å². The quantitative estimate of drug-likeness (QED) is 0.570. The molecule has 0 N–H and O–H groups in total. The molecule has 0 aromatic heterocycles. The Labute approximate surface area is 107 Å². The van der Waals surface area contributed by atoms with Gasteiger partial charge in [0.1, 0.15) is 0 Å². The highest BCUT2D eigenvalue weighted by Gasteiger charge is 1.85. The third-order valence-corrected chi connectivity index (χ3v) is 2.48. The summed E-state index contributed by atoms with van der Waals surface area (Å²) in [5.41, 5.74) is 0. The lowest BCUT2D eigenvalue weighted by molar-refractivity contribution is 0.626. The molecule has 0 saturated carbocycles. The molecule has 0 atom stereocenters. The Balaban J connectivity index is 0.000000315. The van der Waals surface area contributed by atoms with Crippen LogP contribution in [0.5, 0.6) is 0 Å². The lowest BCUT2D eigenvalue weighted by atomic mass is 10.1. The van der Waals surface area contributed by atoms with Gasteiger partial charge in [0.25, 0.3) is 0 Å². The van der Waals surface area contributed by atoms with Gasteiger partial charge >= 0.3 is 0 Å². The zero-order chi connectivity index (χ0) is 13.1. The molecule has 0 nitrogen and oxygen atoms in total. The van der Waals surface area contributed by atoms with E-state index in [0.717, 1.165) is 5.92 Å². The zero-order valence-corrected chi connectivity index (χ0v) is 11.9. The van der Waals surface area contributed by atoms with Crippen LogP contribution in [0.4, 0.5) is 0 Å². The van der Waals surface area contributed by atoms with Gasteiger partial charge in [0, 0.05) is 0 Å². The summed E-state index contributed by atoms with van der Waals surface area (Å²) in [5, 5.41) is 2.62. The fraction of sp³-hybridized carbons (Fsp3) is 0.412. The van der Waals surface area contributed by atoms with E-state index in [1.807, 2.05) is 13.8 Å². The van der Waals surface area contributed by atoms with Crippen LogP contribution in [0.1, 0.15) is 41.0 Å². The van der Waals surface area contributed by atoms with Crippen LogP contribution in [0.15, 0.2) is 48.5 Å². The van der Waals surface area contributed by atoms with Crippen molar-refractivity contribution in [1.82, 2.24) is 0 Å². The second-order valence-corrected chi connectivity index (χ2v) is 4.15. The first kappa shape index (κ1) is 15.7. The highest BCUT2D eigenvalue weighted by molar-refractivity contribution is 5.81. The van der Waals surface area contributed by atoms with Crippen molar-refractivity contribution in [1.29, 1.82) is 0 Å². The topological polar surface area (TPSA) is 0 Å². The minimum absolute atomic E-state index is 0.884. The summed E-state index contributed by atoms with van der Waals surface area (Å²) in [5.74, 6) is 0.884. The largest absolute Gasteiger partial charge is 0.0683 e. The van der Waals surface area contributed by atoms with Crippen molar-refractivity contribution < 1.29 is 0 Å². The summed E-state index contributed by atoms with van der Waals surface area (Å²) < 4.78 is 0. The van der Waals surface area contributed by atoms with Crippen molar-refractivity contribution in [3.63, 3.8) is 0 Å². The van der Waals surface area contributed by atoms with Gasteiger partial charge in [0.05, 0.1) is 0 Å². The number of fused-ring (bicyclic) bond motifs is 1. The summed E-state index contributed by atoms with van der Waals surface area (Å²) in [6.45, 7) is 10.6. The van der Waals surface area contributed by atoms with Gasteiger partial charge in [-0.2, -0.15) is 0 Å². The third-order valence-electron chi connectivity index (χ3n) is 2.48. The fourth-order valence-corrected chi connectivity index (χ4v) is 1.13. The van der Waals surface area contributed by atoms with E-state index in [2.05, 4.69) is 69.3 Å². The maximum Gasteiger partial charge on any atom is -0.0184 e. The van der Waals surface area contributed by atoms with Crippen LogP contribution in [-0.4, -0.2) is 0 Å². The predicted molar refractivity (Wildman–Crippen MR) is 80.4 cm³/mol. The van der Waals surface area contributed by atoms with Gasteiger partial charge < -0.3 is 0 Å². The van der Waals surface area contributed by atoms with Gasteiger partial charge in [-0.3, -0.25) is 0 Å². The average molecular weight is 230 g/mol. The van der Waals surface area contributed by atoms with Gasteiger partial charge in [0.2, 0.25) is 0 Å². The molecule has 0 spiro atoms. The van der Waals surface area contributed by atoms with E-state index in [-0.39, 0.29) is 0 Å². The molecule has 0 saturated heterocycles. The minimum atomic E-state index is 0.884. The molecule has 0 amide bonds. The van der Waals surface area contributed by atoms with Crippen molar-refractivity contribution >= 4 is 10.8 Å². The maximum atomic E-state index is 2.22.